The summed E-state index contributed by atoms with van der Waals surface area (Å²) in [5.74, 6) is 0.620. The van der Waals surface area contributed by atoms with E-state index in [1.807, 2.05) is 26.0 Å². The van der Waals surface area contributed by atoms with Gasteiger partial charge in [-0.25, -0.2) is 4.79 Å². The number of benzene rings is 3. The van der Waals surface area contributed by atoms with Crippen LogP contribution in [0.4, 0.5) is 0 Å². The van der Waals surface area contributed by atoms with Crippen molar-refractivity contribution in [3.8, 4) is 11.5 Å². The molecule has 0 saturated carbocycles. The molecule has 0 aliphatic heterocycles. The number of methoxy groups -OCH3 is 2. The van der Waals surface area contributed by atoms with Crippen molar-refractivity contribution in [1.29, 1.82) is 0 Å². The molecule has 0 aliphatic carbocycles. The van der Waals surface area contributed by atoms with Crippen LogP contribution in [0.15, 0.2) is 70.3 Å². The Hall–Kier alpha value is -4.04. The molecule has 0 radical (unpaired) electrons. The lowest BCUT2D eigenvalue weighted by molar-refractivity contribution is 0.0939. The Kier molecular flexibility index (Phi) is 8.22. The molecule has 1 amide bonds. The SMILES string of the molecule is CC[C@@H](C)NC(=O)c1ccc(Cn2c(=O)c3cc(OC)c(OC)cc3n(Cc3cccc(Cl)c3)c2=O)cc1. The minimum absolute atomic E-state index is 0.0325. The molecular weight excluding hydrogens is 506 g/mol. The normalized spacial score (nSPS) is 11.8. The van der Waals surface area contributed by atoms with Gasteiger partial charge in [-0.05, 0) is 54.8 Å². The molecule has 0 unspecified atom stereocenters. The molecule has 9 heteroatoms. The molecule has 1 N–H and O–H groups in total. The monoisotopic (exact) mass is 535 g/mol. The van der Waals surface area contributed by atoms with E-state index in [-0.39, 0.29) is 25.0 Å². The summed E-state index contributed by atoms with van der Waals surface area (Å²) in [6.45, 7) is 4.17. The average molecular weight is 536 g/mol. The quantitative estimate of drug-likeness (QED) is 0.342. The van der Waals surface area contributed by atoms with Gasteiger partial charge in [0.15, 0.2) is 11.5 Å². The van der Waals surface area contributed by atoms with Crippen LogP contribution in [0.5, 0.6) is 11.5 Å². The molecule has 1 aromatic heterocycles. The predicted molar refractivity (Wildman–Crippen MR) is 149 cm³/mol. The van der Waals surface area contributed by atoms with E-state index in [1.165, 1.54) is 23.4 Å². The van der Waals surface area contributed by atoms with Crippen LogP contribution in [-0.2, 0) is 13.1 Å². The molecule has 8 nitrogen and oxygen atoms in total. The molecule has 3 aromatic carbocycles. The number of aromatic nitrogens is 2. The first-order chi connectivity index (χ1) is 18.2. The van der Waals surface area contributed by atoms with Gasteiger partial charge < -0.3 is 14.8 Å². The van der Waals surface area contributed by atoms with E-state index in [9.17, 15) is 14.4 Å². The number of nitrogens with zero attached hydrogens (tertiary/aromatic N) is 2. The molecule has 0 saturated heterocycles. The number of fused-ring (bicyclic) bond motifs is 1. The topological polar surface area (TPSA) is 91.6 Å². The van der Waals surface area contributed by atoms with E-state index in [2.05, 4.69) is 5.32 Å². The highest BCUT2D eigenvalue weighted by Crippen LogP contribution is 2.30. The third-order valence-corrected chi connectivity index (χ3v) is 6.74. The number of halogens is 1. The molecule has 4 aromatic rings. The molecule has 0 bridgehead atoms. The first-order valence-electron chi connectivity index (χ1n) is 12.3. The van der Waals surface area contributed by atoms with Gasteiger partial charge in [-0.2, -0.15) is 0 Å². The van der Waals surface area contributed by atoms with Crippen LogP contribution in [0.3, 0.4) is 0 Å². The van der Waals surface area contributed by atoms with Crippen molar-refractivity contribution in [2.45, 2.75) is 39.4 Å². The third kappa shape index (κ3) is 5.60. The number of carbonyl (C=O) groups is 1. The summed E-state index contributed by atoms with van der Waals surface area (Å²) in [6.07, 6.45) is 0.826. The fraction of sp³-hybridized carbons (Fsp3) is 0.276. The van der Waals surface area contributed by atoms with Crippen molar-refractivity contribution in [3.63, 3.8) is 0 Å². The van der Waals surface area contributed by atoms with Crippen molar-refractivity contribution in [2.24, 2.45) is 0 Å². The second-order valence-electron chi connectivity index (χ2n) is 9.09. The summed E-state index contributed by atoms with van der Waals surface area (Å²) in [5.41, 5.74) is 1.51. The van der Waals surface area contributed by atoms with Gasteiger partial charge in [0.2, 0.25) is 0 Å². The molecule has 1 atom stereocenters. The summed E-state index contributed by atoms with van der Waals surface area (Å²) in [7, 11) is 2.99. The number of hydrogen-bond acceptors (Lipinski definition) is 5. The number of amides is 1. The lowest BCUT2D eigenvalue weighted by atomic mass is 10.1. The van der Waals surface area contributed by atoms with Crippen LogP contribution in [-0.4, -0.2) is 35.3 Å². The molecule has 4 rings (SSSR count). The van der Waals surface area contributed by atoms with Crippen LogP contribution >= 0.6 is 11.6 Å². The second kappa shape index (κ2) is 11.6. The largest absolute Gasteiger partial charge is 0.493 e. The van der Waals surface area contributed by atoms with Crippen molar-refractivity contribution in [3.05, 3.63) is 103 Å². The van der Waals surface area contributed by atoms with Gasteiger partial charge in [-0.15, -0.1) is 0 Å². The molecule has 0 spiro atoms. The Labute approximate surface area is 225 Å². The highest BCUT2D eigenvalue weighted by atomic mass is 35.5. The predicted octanol–water partition coefficient (Wildman–Crippen LogP) is 4.46. The van der Waals surface area contributed by atoms with Gasteiger partial charge in [0.05, 0.1) is 38.2 Å². The Balaban J connectivity index is 1.81. The van der Waals surface area contributed by atoms with Gasteiger partial charge in [-0.1, -0.05) is 42.8 Å². The molecule has 0 fully saturated rings. The standard InChI is InChI=1S/C29H30ClN3O5/c1-5-18(2)31-27(34)21-11-9-19(10-12-21)16-33-28(35)23-14-25(37-3)26(38-4)15-24(23)32(29(33)36)17-20-7-6-8-22(30)13-20/h6-15,18H,5,16-17H2,1-4H3,(H,31,34)/t18-/m1/s1. The smallest absolute Gasteiger partial charge is 0.332 e. The van der Waals surface area contributed by atoms with Gasteiger partial charge in [0.1, 0.15) is 0 Å². The first kappa shape index (κ1) is 27.0. The summed E-state index contributed by atoms with van der Waals surface area (Å²) in [5, 5.41) is 3.79. The Bertz CT molecular complexity index is 1590. The van der Waals surface area contributed by atoms with Crippen molar-refractivity contribution >= 4 is 28.4 Å². The molecule has 198 valence electrons. The summed E-state index contributed by atoms with van der Waals surface area (Å²) in [4.78, 5) is 39.8. The third-order valence-electron chi connectivity index (χ3n) is 6.51. The molecule has 0 aliphatic rings. The van der Waals surface area contributed by atoms with E-state index in [1.54, 1.807) is 48.5 Å². The number of hydrogen-bond donors (Lipinski definition) is 1. The number of ether oxygens (including phenoxy) is 2. The van der Waals surface area contributed by atoms with E-state index in [4.69, 9.17) is 21.1 Å². The summed E-state index contributed by atoms with van der Waals surface area (Å²) < 4.78 is 13.6. The molecule has 1 heterocycles. The first-order valence-corrected chi connectivity index (χ1v) is 12.7. The minimum Gasteiger partial charge on any atom is -0.493 e. The van der Waals surface area contributed by atoms with Crippen LogP contribution in [0.1, 0.15) is 41.8 Å². The van der Waals surface area contributed by atoms with Crippen LogP contribution in [0.2, 0.25) is 5.02 Å². The molecule has 38 heavy (non-hydrogen) atoms. The lowest BCUT2D eigenvalue weighted by Crippen LogP contribution is -2.40. The maximum absolute atomic E-state index is 13.7. The maximum Gasteiger partial charge on any atom is 0.332 e. The fourth-order valence-electron chi connectivity index (χ4n) is 4.21. The van der Waals surface area contributed by atoms with Crippen LogP contribution in [0, 0.1) is 0 Å². The van der Waals surface area contributed by atoms with E-state index < -0.39 is 11.2 Å². The van der Waals surface area contributed by atoms with E-state index >= 15 is 0 Å². The molecular formula is C29H30ClN3O5. The van der Waals surface area contributed by atoms with Crippen molar-refractivity contribution < 1.29 is 14.3 Å². The van der Waals surface area contributed by atoms with Crippen molar-refractivity contribution in [1.82, 2.24) is 14.5 Å². The highest BCUT2D eigenvalue weighted by molar-refractivity contribution is 6.30. The Morgan fingerprint density at radius 2 is 1.58 bits per heavy atom. The zero-order valence-corrected chi connectivity index (χ0v) is 22.5. The highest BCUT2D eigenvalue weighted by Gasteiger charge is 2.18. The van der Waals surface area contributed by atoms with Gasteiger partial charge in [0.25, 0.3) is 11.5 Å². The maximum atomic E-state index is 13.7. The summed E-state index contributed by atoms with van der Waals surface area (Å²) in [6, 6.07) is 17.4. The second-order valence-corrected chi connectivity index (χ2v) is 9.53. The summed E-state index contributed by atoms with van der Waals surface area (Å²) >= 11 is 6.18. The number of rotatable bonds is 9. The lowest BCUT2D eigenvalue weighted by Gasteiger charge is -2.17. The number of carbonyl (C=O) groups excluding carboxylic acids is 1. The minimum atomic E-state index is -0.478. The Morgan fingerprint density at radius 3 is 2.21 bits per heavy atom. The van der Waals surface area contributed by atoms with Crippen LogP contribution < -0.4 is 26.0 Å². The zero-order chi connectivity index (χ0) is 27.4. The van der Waals surface area contributed by atoms with E-state index in [0.717, 1.165) is 12.0 Å². The van der Waals surface area contributed by atoms with E-state index in [0.29, 0.717) is 38.6 Å². The van der Waals surface area contributed by atoms with Gasteiger partial charge in [-0.3, -0.25) is 18.7 Å². The fourth-order valence-corrected chi connectivity index (χ4v) is 4.42. The van der Waals surface area contributed by atoms with Crippen LogP contribution in [0.25, 0.3) is 10.9 Å². The van der Waals surface area contributed by atoms with Gasteiger partial charge >= 0.3 is 5.69 Å². The average Bonchev–Trinajstić information content (AvgIpc) is 2.92. The number of nitrogens with one attached hydrogen (secondary N) is 1. The van der Waals surface area contributed by atoms with Gasteiger partial charge in [0, 0.05) is 22.7 Å². The van der Waals surface area contributed by atoms with Crippen molar-refractivity contribution in [2.75, 3.05) is 14.2 Å². The Morgan fingerprint density at radius 1 is 0.921 bits per heavy atom. The zero-order valence-electron chi connectivity index (χ0n) is 21.8.